The van der Waals surface area contributed by atoms with E-state index in [2.05, 4.69) is 29.8 Å². The van der Waals surface area contributed by atoms with Gasteiger partial charge in [0.15, 0.2) is 5.16 Å². The third-order valence-corrected chi connectivity index (χ3v) is 3.95. The molecule has 1 aliphatic heterocycles. The van der Waals surface area contributed by atoms with Crippen molar-refractivity contribution in [1.82, 2.24) is 24.9 Å². The predicted octanol–water partition coefficient (Wildman–Crippen LogP) is 2.46. The molecule has 20 heavy (non-hydrogen) atoms. The second-order valence-electron chi connectivity index (χ2n) is 4.38. The van der Waals surface area contributed by atoms with Crippen LogP contribution in [0.4, 0.5) is 5.95 Å². The minimum absolute atomic E-state index is 0.220. The van der Waals surface area contributed by atoms with E-state index in [0.717, 1.165) is 31.0 Å². The molecule has 3 rings (SSSR count). The summed E-state index contributed by atoms with van der Waals surface area (Å²) in [6, 6.07) is 1.81. The van der Waals surface area contributed by atoms with Crippen molar-refractivity contribution in [2.75, 3.05) is 18.0 Å². The third-order valence-electron chi connectivity index (χ3n) is 2.97. The summed E-state index contributed by atoms with van der Waals surface area (Å²) in [5.41, 5.74) is 0. The minimum atomic E-state index is 0.220. The zero-order valence-electron chi connectivity index (χ0n) is 10.7. The Kier molecular flexibility index (Phi) is 4.27. The first-order valence-corrected chi connectivity index (χ1v) is 7.61. The van der Waals surface area contributed by atoms with Gasteiger partial charge in [-0.05, 0) is 48.7 Å². The van der Waals surface area contributed by atoms with Crippen molar-refractivity contribution in [3.05, 3.63) is 23.9 Å². The fraction of sp³-hybridized carbons (Fsp3) is 0.417. The summed E-state index contributed by atoms with van der Waals surface area (Å²) in [6.45, 7) is 1.94. The molecule has 2 aromatic heterocycles. The Labute approximate surface area is 126 Å². The van der Waals surface area contributed by atoms with Crippen molar-refractivity contribution in [2.24, 2.45) is 0 Å². The lowest BCUT2D eigenvalue weighted by atomic mass is 10.1. The molecule has 1 saturated heterocycles. The summed E-state index contributed by atoms with van der Waals surface area (Å²) in [4.78, 5) is 23.0. The van der Waals surface area contributed by atoms with Gasteiger partial charge >= 0.3 is 0 Å². The molecule has 0 spiro atoms. The van der Waals surface area contributed by atoms with Crippen LogP contribution < -0.4 is 4.90 Å². The van der Waals surface area contributed by atoms with Crippen molar-refractivity contribution < 1.29 is 0 Å². The van der Waals surface area contributed by atoms with Crippen molar-refractivity contribution in [1.29, 1.82) is 0 Å². The number of anilines is 1. The Morgan fingerprint density at radius 2 is 1.95 bits per heavy atom. The molecule has 0 unspecified atom stereocenters. The van der Waals surface area contributed by atoms with Crippen LogP contribution in [0.1, 0.15) is 19.3 Å². The van der Waals surface area contributed by atoms with E-state index < -0.39 is 0 Å². The van der Waals surface area contributed by atoms with Gasteiger partial charge in [0.05, 0.1) is 0 Å². The molecule has 0 atom stereocenters. The van der Waals surface area contributed by atoms with Gasteiger partial charge in [-0.3, -0.25) is 0 Å². The molecule has 0 aliphatic carbocycles. The highest BCUT2D eigenvalue weighted by Gasteiger charge is 2.16. The van der Waals surface area contributed by atoms with Gasteiger partial charge in [0.25, 0.3) is 0 Å². The van der Waals surface area contributed by atoms with Crippen LogP contribution in [0.5, 0.6) is 0 Å². The van der Waals surface area contributed by atoms with Gasteiger partial charge in [-0.25, -0.2) is 9.97 Å². The van der Waals surface area contributed by atoms with E-state index in [0.29, 0.717) is 11.1 Å². The van der Waals surface area contributed by atoms with E-state index >= 15 is 0 Å². The highest BCUT2D eigenvalue weighted by Crippen LogP contribution is 2.25. The maximum atomic E-state index is 6.00. The Bertz CT molecular complexity index is 575. The van der Waals surface area contributed by atoms with Crippen LogP contribution in [0, 0.1) is 0 Å². The SMILES string of the molecule is Clc1nc(Sc2ccncn2)nc(N2CCCCC2)n1. The summed E-state index contributed by atoms with van der Waals surface area (Å²) < 4.78 is 0. The molecule has 0 saturated carbocycles. The average Bonchev–Trinajstić information content (AvgIpc) is 2.49. The average molecular weight is 309 g/mol. The summed E-state index contributed by atoms with van der Waals surface area (Å²) in [5.74, 6) is 0.654. The summed E-state index contributed by atoms with van der Waals surface area (Å²) in [7, 11) is 0. The maximum Gasteiger partial charge on any atom is 0.230 e. The van der Waals surface area contributed by atoms with Crippen LogP contribution in [0.25, 0.3) is 0 Å². The van der Waals surface area contributed by atoms with E-state index in [4.69, 9.17) is 11.6 Å². The molecule has 104 valence electrons. The van der Waals surface area contributed by atoms with Crippen LogP contribution in [-0.4, -0.2) is 38.0 Å². The summed E-state index contributed by atoms with van der Waals surface area (Å²) >= 11 is 7.36. The lowest BCUT2D eigenvalue weighted by Crippen LogP contribution is -2.31. The Hall–Kier alpha value is -1.47. The molecule has 8 heteroatoms. The first-order valence-electron chi connectivity index (χ1n) is 6.42. The van der Waals surface area contributed by atoms with Gasteiger partial charge in [0.2, 0.25) is 11.2 Å². The molecule has 6 nitrogen and oxygen atoms in total. The zero-order chi connectivity index (χ0) is 13.8. The fourth-order valence-electron chi connectivity index (χ4n) is 2.04. The van der Waals surface area contributed by atoms with Crippen molar-refractivity contribution in [3.63, 3.8) is 0 Å². The van der Waals surface area contributed by atoms with Gasteiger partial charge in [-0.2, -0.15) is 15.0 Å². The number of rotatable bonds is 3. The first kappa shape index (κ1) is 13.5. The number of hydrogen-bond acceptors (Lipinski definition) is 7. The van der Waals surface area contributed by atoms with E-state index in [1.165, 1.54) is 24.5 Å². The van der Waals surface area contributed by atoms with Crippen LogP contribution in [0.2, 0.25) is 5.28 Å². The molecule has 0 amide bonds. The smallest absolute Gasteiger partial charge is 0.230 e. The largest absolute Gasteiger partial charge is 0.341 e. The quantitative estimate of drug-likeness (QED) is 0.807. The molecule has 1 fully saturated rings. The lowest BCUT2D eigenvalue weighted by Gasteiger charge is -2.26. The minimum Gasteiger partial charge on any atom is -0.341 e. The summed E-state index contributed by atoms with van der Waals surface area (Å²) in [5, 5.41) is 1.56. The van der Waals surface area contributed by atoms with E-state index in [-0.39, 0.29) is 5.28 Å². The summed E-state index contributed by atoms with van der Waals surface area (Å²) in [6.07, 6.45) is 6.77. The number of nitrogens with zero attached hydrogens (tertiary/aromatic N) is 6. The molecule has 1 aliphatic rings. The van der Waals surface area contributed by atoms with Crippen LogP contribution in [0.3, 0.4) is 0 Å². The monoisotopic (exact) mass is 308 g/mol. The molecular formula is C12H13ClN6S. The molecule has 2 aromatic rings. The predicted molar refractivity (Wildman–Crippen MR) is 77.1 cm³/mol. The second kappa shape index (κ2) is 6.32. The van der Waals surface area contributed by atoms with E-state index in [9.17, 15) is 0 Å². The van der Waals surface area contributed by atoms with Crippen molar-refractivity contribution in [2.45, 2.75) is 29.4 Å². The molecule has 3 heterocycles. The van der Waals surface area contributed by atoms with Crippen LogP contribution >= 0.6 is 23.4 Å². The molecule has 0 bridgehead atoms. The second-order valence-corrected chi connectivity index (χ2v) is 5.71. The third kappa shape index (κ3) is 3.34. The highest BCUT2D eigenvalue weighted by molar-refractivity contribution is 7.99. The normalized spacial score (nSPS) is 15.3. The van der Waals surface area contributed by atoms with Crippen LogP contribution in [0.15, 0.2) is 28.8 Å². The number of halogens is 1. The molecule has 0 aromatic carbocycles. The maximum absolute atomic E-state index is 6.00. The zero-order valence-corrected chi connectivity index (χ0v) is 12.3. The Morgan fingerprint density at radius 3 is 2.70 bits per heavy atom. The van der Waals surface area contributed by atoms with E-state index in [1.54, 1.807) is 6.20 Å². The highest BCUT2D eigenvalue weighted by atomic mass is 35.5. The van der Waals surface area contributed by atoms with Gasteiger partial charge < -0.3 is 4.90 Å². The Morgan fingerprint density at radius 1 is 1.10 bits per heavy atom. The van der Waals surface area contributed by atoms with Crippen molar-refractivity contribution >= 4 is 29.3 Å². The first-order chi connectivity index (χ1) is 9.81. The number of hydrogen-bond donors (Lipinski definition) is 0. The van der Waals surface area contributed by atoms with Crippen LogP contribution in [-0.2, 0) is 0 Å². The molecule has 0 radical (unpaired) electrons. The number of aromatic nitrogens is 5. The Balaban J connectivity index is 1.82. The van der Waals surface area contributed by atoms with Gasteiger partial charge in [0, 0.05) is 19.3 Å². The van der Waals surface area contributed by atoms with Crippen molar-refractivity contribution in [3.8, 4) is 0 Å². The van der Waals surface area contributed by atoms with Gasteiger partial charge in [-0.1, -0.05) is 0 Å². The lowest BCUT2D eigenvalue weighted by molar-refractivity contribution is 0.564. The molecular weight excluding hydrogens is 296 g/mol. The standard InChI is InChI=1S/C12H13ClN6S/c13-10-16-11(19-6-2-1-3-7-19)18-12(17-10)20-9-4-5-14-8-15-9/h4-5,8H,1-3,6-7H2. The number of piperidine rings is 1. The van der Waals surface area contributed by atoms with Gasteiger partial charge in [0.1, 0.15) is 11.4 Å². The fourth-order valence-corrected chi connectivity index (χ4v) is 2.92. The molecule has 0 N–H and O–H groups in total. The van der Waals surface area contributed by atoms with Gasteiger partial charge in [-0.15, -0.1) is 0 Å². The topological polar surface area (TPSA) is 67.7 Å². The van der Waals surface area contributed by atoms with E-state index in [1.807, 2.05) is 6.07 Å².